The molecule has 144 valence electrons. The standard InChI is InChI=1S/C19H23N3O4S/c1-14-8-9-17(12-15(14)2)27(25,26)22-11-10-20-18(23)13-21-19(24)16-6-4-3-5-7-16/h3-9,12,22H,10-11,13H2,1-2H3,(H,20,23)(H,21,24). The van der Waals surface area contributed by atoms with E-state index >= 15 is 0 Å². The Morgan fingerprint density at radius 2 is 1.59 bits per heavy atom. The van der Waals surface area contributed by atoms with Crippen molar-refractivity contribution in [3.8, 4) is 0 Å². The molecule has 0 aliphatic heterocycles. The topological polar surface area (TPSA) is 104 Å². The van der Waals surface area contributed by atoms with Crippen molar-refractivity contribution < 1.29 is 18.0 Å². The lowest BCUT2D eigenvalue weighted by molar-refractivity contribution is -0.120. The van der Waals surface area contributed by atoms with Crippen molar-refractivity contribution in [2.45, 2.75) is 18.7 Å². The Balaban J connectivity index is 1.73. The van der Waals surface area contributed by atoms with E-state index in [1.165, 1.54) is 0 Å². The molecule has 0 spiro atoms. The van der Waals surface area contributed by atoms with E-state index in [0.717, 1.165) is 11.1 Å². The maximum absolute atomic E-state index is 12.2. The van der Waals surface area contributed by atoms with E-state index in [9.17, 15) is 18.0 Å². The second-order valence-electron chi connectivity index (χ2n) is 6.04. The van der Waals surface area contributed by atoms with Crippen LogP contribution in [-0.4, -0.2) is 39.9 Å². The number of carbonyl (C=O) groups excluding carboxylic acids is 2. The molecule has 0 bridgehead atoms. The number of benzene rings is 2. The summed E-state index contributed by atoms with van der Waals surface area (Å²) in [5.41, 5.74) is 2.37. The molecule has 27 heavy (non-hydrogen) atoms. The lowest BCUT2D eigenvalue weighted by atomic mass is 10.1. The Labute approximate surface area is 159 Å². The highest BCUT2D eigenvalue weighted by molar-refractivity contribution is 7.89. The van der Waals surface area contributed by atoms with Gasteiger partial charge in [0, 0.05) is 18.7 Å². The largest absolute Gasteiger partial charge is 0.353 e. The number of amides is 2. The van der Waals surface area contributed by atoms with Crippen LogP contribution in [0.3, 0.4) is 0 Å². The second kappa shape index (κ2) is 9.29. The van der Waals surface area contributed by atoms with Crippen LogP contribution in [0, 0.1) is 13.8 Å². The summed E-state index contributed by atoms with van der Waals surface area (Å²) >= 11 is 0. The predicted octanol–water partition coefficient (Wildman–Crippen LogP) is 1.13. The molecule has 0 saturated heterocycles. The predicted molar refractivity (Wildman–Crippen MR) is 103 cm³/mol. The normalized spacial score (nSPS) is 11.0. The van der Waals surface area contributed by atoms with E-state index in [-0.39, 0.29) is 30.4 Å². The van der Waals surface area contributed by atoms with Gasteiger partial charge in [0.25, 0.3) is 5.91 Å². The summed E-state index contributed by atoms with van der Waals surface area (Å²) in [5, 5.41) is 5.06. The van der Waals surface area contributed by atoms with E-state index in [4.69, 9.17) is 0 Å². The summed E-state index contributed by atoms with van der Waals surface area (Å²) in [6.45, 7) is 3.74. The smallest absolute Gasteiger partial charge is 0.251 e. The zero-order chi connectivity index (χ0) is 19.9. The van der Waals surface area contributed by atoms with E-state index < -0.39 is 15.9 Å². The summed E-state index contributed by atoms with van der Waals surface area (Å²) < 4.78 is 26.9. The van der Waals surface area contributed by atoms with Gasteiger partial charge in [0.2, 0.25) is 15.9 Å². The maximum atomic E-state index is 12.2. The van der Waals surface area contributed by atoms with Crippen LogP contribution in [0.25, 0.3) is 0 Å². The summed E-state index contributed by atoms with van der Waals surface area (Å²) in [6, 6.07) is 13.5. The minimum absolute atomic E-state index is 0.0492. The molecule has 0 aliphatic rings. The van der Waals surface area contributed by atoms with Gasteiger partial charge < -0.3 is 10.6 Å². The van der Waals surface area contributed by atoms with Gasteiger partial charge in [0.1, 0.15) is 0 Å². The third-order valence-electron chi connectivity index (χ3n) is 3.97. The first-order chi connectivity index (χ1) is 12.8. The van der Waals surface area contributed by atoms with Gasteiger partial charge in [-0.3, -0.25) is 9.59 Å². The summed E-state index contributed by atoms with van der Waals surface area (Å²) in [5.74, 6) is -0.745. The SMILES string of the molecule is Cc1ccc(S(=O)(=O)NCCNC(=O)CNC(=O)c2ccccc2)cc1C. The van der Waals surface area contributed by atoms with Crippen LogP contribution in [-0.2, 0) is 14.8 Å². The van der Waals surface area contributed by atoms with Crippen molar-refractivity contribution in [3.63, 3.8) is 0 Å². The fourth-order valence-corrected chi connectivity index (χ4v) is 3.38. The molecule has 2 rings (SSSR count). The van der Waals surface area contributed by atoms with Crippen molar-refractivity contribution in [2.24, 2.45) is 0 Å². The molecule has 2 aromatic carbocycles. The number of sulfonamides is 1. The number of carbonyl (C=O) groups is 2. The zero-order valence-corrected chi connectivity index (χ0v) is 16.1. The van der Waals surface area contributed by atoms with Crippen LogP contribution in [0.1, 0.15) is 21.5 Å². The molecule has 3 N–H and O–H groups in total. The summed E-state index contributed by atoms with van der Waals surface area (Å²) in [6.07, 6.45) is 0. The van der Waals surface area contributed by atoms with Gasteiger partial charge in [0.05, 0.1) is 11.4 Å². The van der Waals surface area contributed by atoms with Crippen LogP contribution in [0.4, 0.5) is 0 Å². The number of aryl methyl sites for hydroxylation is 2. The highest BCUT2D eigenvalue weighted by Gasteiger charge is 2.14. The molecule has 0 aliphatic carbocycles. The highest BCUT2D eigenvalue weighted by atomic mass is 32.2. The second-order valence-corrected chi connectivity index (χ2v) is 7.81. The molecule has 0 heterocycles. The molecule has 2 aromatic rings. The molecule has 0 radical (unpaired) electrons. The Bertz CT molecular complexity index is 912. The van der Waals surface area contributed by atoms with Crippen molar-refractivity contribution in [2.75, 3.05) is 19.6 Å². The van der Waals surface area contributed by atoms with Crippen molar-refractivity contribution in [1.29, 1.82) is 0 Å². The van der Waals surface area contributed by atoms with Gasteiger partial charge in [-0.25, -0.2) is 13.1 Å². The molecular weight excluding hydrogens is 366 g/mol. The van der Waals surface area contributed by atoms with Gasteiger partial charge in [-0.2, -0.15) is 0 Å². The van der Waals surface area contributed by atoms with Gasteiger partial charge >= 0.3 is 0 Å². The van der Waals surface area contributed by atoms with Gasteiger partial charge in [-0.15, -0.1) is 0 Å². The van der Waals surface area contributed by atoms with Crippen LogP contribution in [0.5, 0.6) is 0 Å². The molecule has 8 heteroatoms. The minimum Gasteiger partial charge on any atom is -0.353 e. The van der Waals surface area contributed by atoms with Crippen LogP contribution in [0.15, 0.2) is 53.4 Å². The highest BCUT2D eigenvalue weighted by Crippen LogP contribution is 2.14. The van der Waals surface area contributed by atoms with Crippen LogP contribution < -0.4 is 15.4 Å². The third kappa shape index (κ3) is 6.19. The van der Waals surface area contributed by atoms with Crippen molar-refractivity contribution >= 4 is 21.8 Å². The first kappa shape index (κ1) is 20.6. The van der Waals surface area contributed by atoms with E-state index in [0.29, 0.717) is 5.56 Å². The Kier molecular flexibility index (Phi) is 7.09. The molecular formula is C19H23N3O4S. The average molecular weight is 389 g/mol. The third-order valence-corrected chi connectivity index (χ3v) is 5.43. The quantitative estimate of drug-likeness (QED) is 0.589. The summed E-state index contributed by atoms with van der Waals surface area (Å²) in [4.78, 5) is 23.8. The number of rotatable bonds is 8. The Hall–Kier alpha value is -2.71. The molecule has 0 unspecified atom stereocenters. The zero-order valence-electron chi connectivity index (χ0n) is 15.3. The number of nitrogens with one attached hydrogen (secondary N) is 3. The van der Waals surface area contributed by atoms with Crippen LogP contribution >= 0.6 is 0 Å². The molecule has 2 amide bonds. The first-order valence-corrected chi connectivity index (χ1v) is 9.95. The van der Waals surface area contributed by atoms with Crippen molar-refractivity contribution in [3.05, 3.63) is 65.2 Å². The fraction of sp³-hybridized carbons (Fsp3) is 0.263. The fourth-order valence-electron chi connectivity index (χ4n) is 2.27. The van der Waals surface area contributed by atoms with E-state index in [2.05, 4.69) is 15.4 Å². The molecule has 0 saturated carbocycles. The first-order valence-electron chi connectivity index (χ1n) is 8.46. The monoisotopic (exact) mass is 389 g/mol. The lowest BCUT2D eigenvalue weighted by Gasteiger charge is -2.10. The molecule has 7 nitrogen and oxygen atoms in total. The Morgan fingerprint density at radius 3 is 2.26 bits per heavy atom. The lowest BCUT2D eigenvalue weighted by Crippen LogP contribution is -2.40. The van der Waals surface area contributed by atoms with Gasteiger partial charge in [0.15, 0.2) is 0 Å². The van der Waals surface area contributed by atoms with Crippen LogP contribution in [0.2, 0.25) is 0 Å². The maximum Gasteiger partial charge on any atom is 0.251 e. The molecule has 0 fully saturated rings. The average Bonchev–Trinajstić information content (AvgIpc) is 2.66. The number of hydrogen-bond donors (Lipinski definition) is 3. The Morgan fingerprint density at radius 1 is 0.889 bits per heavy atom. The van der Waals surface area contributed by atoms with E-state index in [1.54, 1.807) is 48.5 Å². The van der Waals surface area contributed by atoms with Gasteiger partial charge in [-0.1, -0.05) is 24.3 Å². The number of hydrogen-bond acceptors (Lipinski definition) is 4. The minimum atomic E-state index is -3.63. The molecule has 0 atom stereocenters. The van der Waals surface area contributed by atoms with Gasteiger partial charge in [-0.05, 0) is 49.2 Å². The molecule has 0 aromatic heterocycles. The van der Waals surface area contributed by atoms with E-state index in [1.807, 2.05) is 13.8 Å². The van der Waals surface area contributed by atoms with Crippen molar-refractivity contribution in [1.82, 2.24) is 15.4 Å². The summed E-state index contributed by atoms with van der Waals surface area (Å²) in [7, 11) is -3.63.